The fourth-order valence-corrected chi connectivity index (χ4v) is 3.70. The van der Waals surface area contributed by atoms with Crippen LogP contribution in [0.3, 0.4) is 0 Å². The number of nitrogens with zero attached hydrogens (tertiary/aromatic N) is 1. The molecule has 0 amide bonds. The highest BCUT2D eigenvalue weighted by Gasteiger charge is 2.23. The van der Waals surface area contributed by atoms with Crippen LogP contribution in [0.4, 0.5) is 0 Å². The summed E-state index contributed by atoms with van der Waals surface area (Å²) in [6, 6.07) is -0.352. The van der Waals surface area contributed by atoms with Crippen LogP contribution in [0.25, 0.3) is 0 Å². The summed E-state index contributed by atoms with van der Waals surface area (Å²) in [6.45, 7) is 15.6. The van der Waals surface area contributed by atoms with Crippen molar-refractivity contribution in [3.63, 3.8) is 0 Å². The van der Waals surface area contributed by atoms with E-state index in [1.807, 2.05) is 20.8 Å². The maximum absolute atomic E-state index is 12.8. The second-order valence-electron chi connectivity index (χ2n) is 8.01. The predicted molar refractivity (Wildman–Crippen MR) is 118 cm³/mol. The number of piperidine rings is 1. The lowest BCUT2D eigenvalue weighted by atomic mass is 9.94. The molecule has 162 valence electrons. The third kappa shape index (κ3) is 7.64. The van der Waals surface area contributed by atoms with Crippen molar-refractivity contribution in [2.24, 2.45) is 5.92 Å². The van der Waals surface area contributed by atoms with Crippen LogP contribution in [0, 0.1) is 5.92 Å². The van der Waals surface area contributed by atoms with Crippen molar-refractivity contribution in [3.05, 3.63) is 35.2 Å². The van der Waals surface area contributed by atoms with E-state index in [1.165, 1.54) is 0 Å². The zero-order valence-electron chi connectivity index (χ0n) is 18.8. The summed E-state index contributed by atoms with van der Waals surface area (Å²) in [5.41, 5.74) is 4.09. The fourth-order valence-electron chi connectivity index (χ4n) is 3.70. The summed E-state index contributed by atoms with van der Waals surface area (Å²) in [6.07, 6.45) is 6.51. The summed E-state index contributed by atoms with van der Waals surface area (Å²) >= 11 is 0. The van der Waals surface area contributed by atoms with E-state index in [0.29, 0.717) is 31.5 Å². The number of hydrogen-bond acceptors (Lipinski definition) is 5. The van der Waals surface area contributed by atoms with Gasteiger partial charge in [-0.25, -0.2) is 0 Å². The van der Waals surface area contributed by atoms with Gasteiger partial charge in [-0.3, -0.25) is 9.59 Å². The van der Waals surface area contributed by atoms with E-state index < -0.39 is 0 Å². The first-order chi connectivity index (χ1) is 13.7. The lowest BCUT2D eigenvalue weighted by Crippen LogP contribution is -2.39. The Hall–Kier alpha value is -2.17. The molecule has 0 saturated carbocycles. The number of carbonyl (C=O) groups excluding carboxylic acids is 3. The number of likely N-dealkylation sites (tertiary alicyclic amines) is 1. The molecule has 0 aromatic carbocycles. The van der Waals surface area contributed by atoms with Crippen molar-refractivity contribution in [2.75, 3.05) is 13.1 Å². The van der Waals surface area contributed by atoms with Crippen LogP contribution >= 0.6 is 0 Å². The number of ketones is 2. The largest absolute Gasteiger partial charge is 0.379 e. The van der Waals surface area contributed by atoms with Crippen molar-refractivity contribution in [1.82, 2.24) is 10.2 Å². The summed E-state index contributed by atoms with van der Waals surface area (Å²) in [7, 11) is 0. The van der Waals surface area contributed by atoms with Gasteiger partial charge < -0.3 is 15.0 Å². The molecule has 2 atom stereocenters. The number of allylic oxidation sites excluding steroid dienone is 4. The molecule has 1 heterocycles. The van der Waals surface area contributed by atoms with E-state index in [1.54, 1.807) is 0 Å². The molecule has 1 aliphatic heterocycles. The van der Waals surface area contributed by atoms with E-state index in [-0.39, 0.29) is 17.7 Å². The van der Waals surface area contributed by atoms with E-state index >= 15 is 0 Å². The molecule has 0 aliphatic carbocycles. The van der Waals surface area contributed by atoms with E-state index in [0.717, 1.165) is 54.8 Å². The van der Waals surface area contributed by atoms with Gasteiger partial charge >= 0.3 is 0 Å². The molecule has 5 heteroatoms. The van der Waals surface area contributed by atoms with E-state index in [4.69, 9.17) is 0 Å². The van der Waals surface area contributed by atoms with E-state index in [2.05, 4.69) is 36.7 Å². The first kappa shape index (κ1) is 24.9. The molecule has 0 aromatic heterocycles. The third-order valence-corrected chi connectivity index (χ3v) is 5.56. The van der Waals surface area contributed by atoms with Crippen LogP contribution in [-0.2, 0) is 14.4 Å². The molecule has 0 aromatic rings. The average Bonchev–Trinajstić information content (AvgIpc) is 2.70. The molecule has 1 N–H and O–H groups in total. The second-order valence-corrected chi connectivity index (χ2v) is 8.01. The fraction of sp³-hybridized carbons (Fsp3) is 0.625. The van der Waals surface area contributed by atoms with Crippen LogP contribution < -0.4 is 5.32 Å². The van der Waals surface area contributed by atoms with Gasteiger partial charge in [-0.05, 0) is 50.3 Å². The first-order valence-electron chi connectivity index (χ1n) is 10.8. The Kier molecular flexibility index (Phi) is 10.6. The number of Topliss-reactive ketones (excluding diaryl/α,β-unsaturated/α-hetero) is 2. The van der Waals surface area contributed by atoms with Gasteiger partial charge in [0.1, 0.15) is 12.1 Å². The Labute approximate surface area is 176 Å². The van der Waals surface area contributed by atoms with Gasteiger partial charge in [0.05, 0.1) is 6.04 Å². The minimum Gasteiger partial charge on any atom is -0.379 e. The lowest BCUT2D eigenvalue weighted by Gasteiger charge is -2.32. The topological polar surface area (TPSA) is 66.5 Å². The molecule has 5 nitrogen and oxygen atoms in total. The molecule has 1 fully saturated rings. The molecule has 0 radical (unpaired) electrons. The van der Waals surface area contributed by atoms with Gasteiger partial charge in [0.2, 0.25) is 0 Å². The van der Waals surface area contributed by atoms with Crippen LogP contribution in [0.15, 0.2) is 35.2 Å². The predicted octanol–water partition coefficient (Wildman–Crippen LogP) is 4.35. The Balaban J connectivity index is 3.13. The average molecular weight is 403 g/mol. The molecular formula is C24H38N2O3. The van der Waals surface area contributed by atoms with Crippen LogP contribution in [0.5, 0.6) is 0 Å². The highest BCUT2D eigenvalue weighted by molar-refractivity contribution is 5.86. The molecule has 1 rings (SSSR count). The Bertz CT molecular complexity index is 666. The normalized spacial score (nSPS) is 18.0. The zero-order valence-corrected chi connectivity index (χ0v) is 18.8. The molecular weight excluding hydrogens is 364 g/mol. The third-order valence-electron chi connectivity index (χ3n) is 5.56. The second kappa shape index (κ2) is 12.4. The first-order valence-corrected chi connectivity index (χ1v) is 10.8. The van der Waals surface area contributed by atoms with Crippen molar-refractivity contribution in [1.29, 1.82) is 0 Å². The van der Waals surface area contributed by atoms with E-state index in [9.17, 15) is 14.4 Å². The smallest absolute Gasteiger partial charge is 0.157 e. The maximum Gasteiger partial charge on any atom is 0.157 e. The summed E-state index contributed by atoms with van der Waals surface area (Å²) < 4.78 is 0. The van der Waals surface area contributed by atoms with Gasteiger partial charge in [0.15, 0.2) is 5.78 Å². The number of nitrogens with one attached hydrogen (secondary N) is 1. The van der Waals surface area contributed by atoms with Crippen molar-refractivity contribution in [3.8, 4) is 0 Å². The maximum atomic E-state index is 12.8. The Morgan fingerprint density at radius 1 is 1.24 bits per heavy atom. The molecule has 0 spiro atoms. The summed E-state index contributed by atoms with van der Waals surface area (Å²) in [4.78, 5) is 37.5. The summed E-state index contributed by atoms with van der Waals surface area (Å²) in [5.74, 6) is 0.434. The minimum absolute atomic E-state index is 0.0363. The van der Waals surface area contributed by atoms with Crippen LogP contribution in [-0.4, -0.2) is 41.9 Å². The lowest BCUT2D eigenvalue weighted by molar-refractivity contribution is -0.124. The number of aldehydes is 1. The molecule has 0 bridgehead atoms. The van der Waals surface area contributed by atoms with Crippen molar-refractivity contribution in [2.45, 2.75) is 79.2 Å². The molecule has 1 aliphatic rings. The highest BCUT2D eigenvalue weighted by atomic mass is 16.1. The molecule has 29 heavy (non-hydrogen) atoms. The zero-order chi connectivity index (χ0) is 22.0. The monoisotopic (exact) mass is 402 g/mol. The standard InChI is InChI=1S/C24H38N2O3/c1-7-18(5)24(29)22(10-9-15-27)25-20(8-2)16-19(6)23(17(3)4)26-13-11-21(28)12-14-26/h15-16,18,22,25H,3,7-14H2,1-2,4-6H3/b20-16+,23-19+. The van der Waals surface area contributed by atoms with Crippen LogP contribution in [0.2, 0.25) is 0 Å². The van der Waals surface area contributed by atoms with Crippen LogP contribution in [0.1, 0.15) is 73.1 Å². The number of rotatable bonds is 12. The quantitative estimate of drug-likeness (QED) is 0.388. The van der Waals surface area contributed by atoms with Gasteiger partial charge in [0.25, 0.3) is 0 Å². The summed E-state index contributed by atoms with van der Waals surface area (Å²) in [5, 5.41) is 3.40. The van der Waals surface area contributed by atoms with Gasteiger partial charge in [-0.1, -0.05) is 27.4 Å². The van der Waals surface area contributed by atoms with Crippen molar-refractivity contribution < 1.29 is 14.4 Å². The Morgan fingerprint density at radius 3 is 2.34 bits per heavy atom. The van der Waals surface area contributed by atoms with Gasteiger partial charge in [-0.15, -0.1) is 0 Å². The highest BCUT2D eigenvalue weighted by Crippen LogP contribution is 2.23. The molecule has 1 saturated heterocycles. The number of carbonyl (C=O) groups is 3. The SMILES string of the molecule is C=C(C)/C(=C(C)\C=C(/CC)NC(CCC=O)C(=O)C(C)CC)N1CCC(=O)CC1. The number of hydrogen-bond donors (Lipinski definition) is 1. The Morgan fingerprint density at radius 2 is 1.86 bits per heavy atom. The van der Waals surface area contributed by atoms with Gasteiger partial charge in [-0.2, -0.15) is 0 Å². The minimum atomic E-state index is -0.352. The van der Waals surface area contributed by atoms with Crippen molar-refractivity contribution >= 4 is 17.9 Å². The molecule has 2 unspecified atom stereocenters. The van der Waals surface area contributed by atoms with Gasteiger partial charge in [0, 0.05) is 49.7 Å².